The molecule has 0 aromatic rings. The summed E-state index contributed by atoms with van der Waals surface area (Å²) in [6, 6.07) is 0.422. The molecule has 0 fully saturated rings. The summed E-state index contributed by atoms with van der Waals surface area (Å²) in [6.45, 7) is 11.0. The largest absolute Gasteiger partial charge is 0.480 e. The zero-order valence-electron chi connectivity index (χ0n) is 13.6. The van der Waals surface area contributed by atoms with Gasteiger partial charge in [0.25, 0.3) is 0 Å². The molecule has 0 aromatic carbocycles. The Labute approximate surface area is 123 Å². The molecule has 0 heterocycles. The molecular formula is C14H29NO4Si. The lowest BCUT2D eigenvalue weighted by molar-refractivity contribution is -0.146. The van der Waals surface area contributed by atoms with Gasteiger partial charge in [-0.25, -0.2) is 0 Å². The van der Waals surface area contributed by atoms with Crippen LogP contribution in [-0.4, -0.2) is 55.8 Å². The molecule has 0 saturated heterocycles. The van der Waals surface area contributed by atoms with Crippen LogP contribution in [-0.2, 0) is 14.3 Å². The van der Waals surface area contributed by atoms with Crippen molar-refractivity contribution in [3.05, 3.63) is 0 Å². The first-order chi connectivity index (χ1) is 9.04. The van der Waals surface area contributed by atoms with Gasteiger partial charge < -0.3 is 9.84 Å². The molecule has 0 spiro atoms. The Bertz CT molecular complexity index is 326. The van der Waals surface area contributed by atoms with E-state index >= 15 is 0 Å². The van der Waals surface area contributed by atoms with Crippen LogP contribution in [0.15, 0.2) is 0 Å². The topological polar surface area (TPSA) is 66.8 Å². The maximum atomic E-state index is 11.6. The minimum absolute atomic E-state index is 0.124. The Kier molecular flexibility index (Phi) is 8.04. The number of aliphatic carboxylic acids is 1. The van der Waals surface area contributed by atoms with E-state index in [9.17, 15) is 14.7 Å². The fourth-order valence-electron chi connectivity index (χ4n) is 1.66. The van der Waals surface area contributed by atoms with Crippen molar-refractivity contribution in [2.24, 2.45) is 0 Å². The second-order valence-corrected chi connectivity index (χ2v) is 12.3. The van der Waals surface area contributed by atoms with Crippen LogP contribution in [0.1, 0.15) is 26.7 Å². The lowest BCUT2D eigenvalue weighted by Gasteiger charge is -2.27. The smallest absolute Gasteiger partial charge is 0.320 e. The van der Waals surface area contributed by atoms with Crippen molar-refractivity contribution < 1.29 is 19.4 Å². The predicted molar refractivity (Wildman–Crippen MR) is 82.7 cm³/mol. The Morgan fingerprint density at radius 3 is 2.20 bits per heavy atom. The number of carboxylic acid groups (broad SMARTS) is 1. The highest BCUT2D eigenvalue weighted by Crippen LogP contribution is 2.11. The number of carbonyl (C=O) groups excluding carboxylic acids is 1. The predicted octanol–water partition coefficient (Wildman–Crippen LogP) is 2.44. The zero-order valence-corrected chi connectivity index (χ0v) is 14.6. The number of carboxylic acids is 1. The molecule has 0 saturated carbocycles. The molecule has 0 radical (unpaired) electrons. The van der Waals surface area contributed by atoms with Gasteiger partial charge in [0.1, 0.15) is 6.04 Å². The van der Waals surface area contributed by atoms with Crippen LogP contribution in [0, 0.1) is 0 Å². The lowest BCUT2D eigenvalue weighted by atomic mass is 10.1. The third-order valence-corrected chi connectivity index (χ3v) is 5.03. The molecule has 118 valence electrons. The Hall–Kier alpha value is -0.883. The Balaban J connectivity index is 4.16. The summed E-state index contributed by atoms with van der Waals surface area (Å²) in [5.41, 5.74) is 0. The number of esters is 1. The maximum Gasteiger partial charge on any atom is 0.320 e. The van der Waals surface area contributed by atoms with Gasteiger partial charge in [0, 0.05) is 20.5 Å². The van der Waals surface area contributed by atoms with Crippen molar-refractivity contribution >= 4 is 20.0 Å². The molecule has 0 aliphatic heterocycles. The third-order valence-electron chi connectivity index (χ3n) is 3.33. The first-order valence-electron chi connectivity index (χ1n) is 7.15. The van der Waals surface area contributed by atoms with Crippen molar-refractivity contribution in [2.75, 3.05) is 13.7 Å². The van der Waals surface area contributed by atoms with Crippen molar-refractivity contribution in [1.82, 2.24) is 4.90 Å². The molecule has 0 aliphatic rings. The van der Waals surface area contributed by atoms with Crippen LogP contribution in [0.4, 0.5) is 0 Å². The van der Waals surface area contributed by atoms with Crippen LogP contribution in [0.25, 0.3) is 0 Å². The van der Waals surface area contributed by atoms with Gasteiger partial charge in [-0.3, -0.25) is 14.5 Å². The molecule has 5 nitrogen and oxygen atoms in total. The van der Waals surface area contributed by atoms with E-state index in [1.54, 1.807) is 11.9 Å². The Morgan fingerprint density at radius 1 is 1.25 bits per heavy atom. The first kappa shape index (κ1) is 19.1. The summed E-state index contributed by atoms with van der Waals surface area (Å²) in [6.07, 6.45) is 0.440. The Morgan fingerprint density at radius 2 is 1.80 bits per heavy atom. The average molecular weight is 303 g/mol. The summed E-state index contributed by atoms with van der Waals surface area (Å²) in [4.78, 5) is 24.6. The molecule has 0 bridgehead atoms. The number of likely N-dealkylation sites (N-methyl/N-ethyl adjacent to an activating group) is 1. The molecule has 0 unspecified atom stereocenters. The van der Waals surface area contributed by atoms with Crippen molar-refractivity contribution in [3.63, 3.8) is 0 Å². The molecule has 1 N–H and O–H groups in total. The van der Waals surface area contributed by atoms with E-state index in [4.69, 9.17) is 4.74 Å². The van der Waals surface area contributed by atoms with E-state index in [2.05, 4.69) is 19.6 Å². The second kappa shape index (κ2) is 8.41. The van der Waals surface area contributed by atoms with Crippen LogP contribution in [0.5, 0.6) is 0 Å². The SMILES string of the molecule is CC(C)N(C)[C@@H](CCC(=O)OCC[Si](C)(C)C)C(=O)O. The van der Waals surface area contributed by atoms with E-state index in [0.717, 1.165) is 6.04 Å². The molecule has 0 rings (SSSR count). The monoisotopic (exact) mass is 303 g/mol. The summed E-state index contributed by atoms with van der Waals surface area (Å²) in [5, 5.41) is 9.20. The molecule has 0 aliphatic carbocycles. The van der Waals surface area contributed by atoms with Gasteiger partial charge in [0.05, 0.1) is 6.61 Å². The van der Waals surface area contributed by atoms with Gasteiger partial charge in [-0.05, 0) is 33.4 Å². The van der Waals surface area contributed by atoms with E-state index in [1.165, 1.54) is 0 Å². The van der Waals surface area contributed by atoms with E-state index in [0.29, 0.717) is 6.61 Å². The number of nitrogens with zero attached hydrogens (tertiary/aromatic N) is 1. The van der Waals surface area contributed by atoms with Gasteiger partial charge in [-0.15, -0.1) is 0 Å². The fraction of sp³-hybridized carbons (Fsp3) is 0.857. The molecular weight excluding hydrogens is 274 g/mol. The van der Waals surface area contributed by atoms with Crippen LogP contribution in [0.3, 0.4) is 0 Å². The number of ether oxygens (including phenoxy) is 1. The van der Waals surface area contributed by atoms with Crippen molar-refractivity contribution in [1.29, 1.82) is 0 Å². The van der Waals surface area contributed by atoms with Crippen molar-refractivity contribution in [2.45, 2.75) is 64.5 Å². The normalized spacial score (nSPS) is 13.6. The summed E-state index contributed by atoms with van der Waals surface area (Å²) in [5.74, 6) is -1.19. The van der Waals surface area contributed by atoms with Crippen LogP contribution in [0.2, 0.25) is 25.7 Å². The molecule has 6 heteroatoms. The number of rotatable bonds is 9. The average Bonchev–Trinajstić information content (AvgIpc) is 2.26. The standard InChI is InChI=1S/C14H29NO4Si/c1-11(2)15(3)12(14(17)18)7-8-13(16)19-9-10-20(4,5)6/h11-12H,7-10H2,1-6H3,(H,17,18)/t12-/m0/s1. The molecule has 0 aromatic heterocycles. The highest BCUT2D eigenvalue weighted by atomic mass is 28.3. The van der Waals surface area contributed by atoms with Gasteiger partial charge in [0.2, 0.25) is 0 Å². The highest BCUT2D eigenvalue weighted by Gasteiger charge is 2.25. The maximum absolute atomic E-state index is 11.6. The lowest BCUT2D eigenvalue weighted by Crippen LogP contribution is -2.42. The zero-order chi connectivity index (χ0) is 15.9. The minimum Gasteiger partial charge on any atom is -0.480 e. The van der Waals surface area contributed by atoms with Crippen LogP contribution < -0.4 is 0 Å². The van der Waals surface area contributed by atoms with E-state index < -0.39 is 20.1 Å². The second-order valence-electron chi connectivity index (χ2n) is 6.68. The molecule has 0 amide bonds. The van der Waals surface area contributed by atoms with Gasteiger partial charge in [-0.1, -0.05) is 19.6 Å². The molecule has 1 atom stereocenters. The van der Waals surface area contributed by atoms with Crippen LogP contribution >= 0.6 is 0 Å². The number of hydrogen-bond donors (Lipinski definition) is 1. The quantitative estimate of drug-likeness (QED) is 0.523. The van der Waals surface area contributed by atoms with E-state index in [-0.39, 0.29) is 24.9 Å². The van der Waals surface area contributed by atoms with E-state index in [1.807, 2.05) is 13.8 Å². The first-order valence-corrected chi connectivity index (χ1v) is 10.9. The minimum atomic E-state index is -1.20. The summed E-state index contributed by atoms with van der Waals surface area (Å²) in [7, 11) is 0.565. The summed E-state index contributed by atoms with van der Waals surface area (Å²) < 4.78 is 5.17. The fourth-order valence-corrected chi connectivity index (χ4v) is 2.37. The number of carbonyl (C=O) groups is 2. The number of hydrogen-bond acceptors (Lipinski definition) is 4. The van der Waals surface area contributed by atoms with Crippen molar-refractivity contribution in [3.8, 4) is 0 Å². The molecule has 20 heavy (non-hydrogen) atoms. The highest BCUT2D eigenvalue weighted by molar-refractivity contribution is 6.76. The van der Waals surface area contributed by atoms with Gasteiger partial charge in [-0.2, -0.15) is 0 Å². The van der Waals surface area contributed by atoms with Gasteiger partial charge >= 0.3 is 11.9 Å². The third kappa shape index (κ3) is 8.32. The van der Waals surface area contributed by atoms with Gasteiger partial charge in [0.15, 0.2) is 0 Å². The summed E-state index contributed by atoms with van der Waals surface area (Å²) >= 11 is 0.